The monoisotopic (exact) mass is 350 g/mol. The lowest BCUT2D eigenvalue weighted by molar-refractivity contribution is 0.204. The van der Waals surface area contributed by atoms with E-state index in [4.69, 9.17) is 4.74 Å². The van der Waals surface area contributed by atoms with Gasteiger partial charge in [0.15, 0.2) is 0 Å². The predicted molar refractivity (Wildman–Crippen MR) is 92.2 cm³/mol. The summed E-state index contributed by atoms with van der Waals surface area (Å²) in [5.74, 6) is 0.241. The minimum absolute atomic E-state index is 0.232. The van der Waals surface area contributed by atoms with Crippen molar-refractivity contribution in [2.45, 2.75) is 18.0 Å². The molecule has 130 valence electrons. The number of hydrogen-bond acceptors (Lipinski definition) is 5. The largest absolute Gasteiger partial charge is 0.508 e. The lowest BCUT2D eigenvalue weighted by Gasteiger charge is -2.08. The summed E-state index contributed by atoms with van der Waals surface area (Å²) < 4.78 is 31.4. The van der Waals surface area contributed by atoms with Gasteiger partial charge in [-0.2, -0.15) is 0 Å². The van der Waals surface area contributed by atoms with Crippen molar-refractivity contribution in [3.05, 3.63) is 59.7 Å². The van der Waals surface area contributed by atoms with Gasteiger partial charge in [0.25, 0.3) is 0 Å². The van der Waals surface area contributed by atoms with E-state index in [2.05, 4.69) is 10.0 Å². The zero-order chi connectivity index (χ0) is 17.4. The lowest BCUT2D eigenvalue weighted by Crippen LogP contribution is -2.27. The van der Waals surface area contributed by atoms with Crippen molar-refractivity contribution >= 4 is 10.0 Å². The third-order valence-electron chi connectivity index (χ3n) is 3.40. The van der Waals surface area contributed by atoms with E-state index < -0.39 is 10.0 Å². The Morgan fingerprint density at radius 2 is 1.75 bits per heavy atom. The van der Waals surface area contributed by atoms with Crippen LogP contribution in [0.4, 0.5) is 0 Å². The zero-order valence-electron chi connectivity index (χ0n) is 13.5. The van der Waals surface area contributed by atoms with E-state index in [-0.39, 0.29) is 17.2 Å². The van der Waals surface area contributed by atoms with Gasteiger partial charge in [-0.05, 0) is 35.4 Å². The summed E-state index contributed by atoms with van der Waals surface area (Å²) in [6.07, 6.45) is 0. The summed E-state index contributed by atoms with van der Waals surface area (Å²) in [6.45, 7) is 1.79. The van der Waals surface area contributed by atoms with E-state index in [0.717, 1.165) is 11.1 Å². The summed E-state index contributed by atoms with van der Waals surface area (Å²) in [4.78, 5) is 0.232. The van der Waals surface area contributed by atoms with E-state index in [0.29, 0.717) is 19.7 Å². The van der Waals surface area contributed by atoms with Crippen molar-refractivity contribution in [1.82, 2.24) is 10.0 Å². The Morgan fingerprint density at radius 3 is 2.42 bits per heavy atom. The number of aromatic hydroxyl groups is 1. The Balaban J connectivity index is 1.87. The van der Waals surface area contributed by atoms with Crippen molar-refractivity contribution in [2.75, 3.05) is 20.3 Å². The van der Waals surface area contributed by atoms with Crippen LogP contribution in [0.5, 0.6) is 5.75 Å². The molecule has 3 N–H and O–H groups in total. The van der Waals surface area contributed by atoms with Gasteiger partial charge < -0.3 is 15.2 Å². The van der Waals surface area contributed by atoms with Gasteiger partial charge in [0.1, 0.15) is 5.75 Å². The van der Waals surface area contributed by atoms with Gasteiger partial charge in [-0.15, -0.1) is 0 Å². The van der Waals surface area contributed by atoms with Gasteiger partial charge in [-0.3, -0.25) is 0 Å². The molecular formula is C17H22N2O4S. The van der Waals surface area contributed by atoms with Crippen LogP contribution >= 0.6 is 0 Å². The van der Waals surface area contributed by atoms with Crippen molar-refractivity contribution < 1.29 is 18.3 Å². The average molecular weight is 350 g/mol. The second kappa shape index (κ2) is 8.79. The number of rotatable bonds is 9. The molecule has 0 radical (unpaired) electrons. The molecule has 0 aliphatic heterocycles. The summed E-state index contributed by atoms with van der Waals surface area (Å²) in [5.41, 5.74) is 1.96. The first kappa shape index (κ1) is 18.4. The number of methoxy groups -OCH3 is 1. The minimum atomic E-state index is -3.50. The normalized spacial score (nSPS) is 11.5. The maximum Gasteiger partial charge on any atom is 0.240 e. The van der Waals surface area contributed by atoms with Crippen LogP contribution < -0.4 is 10.0 Å². The molecule has 0 spiro atoms. The van der Waals surface area contributed by atoms with Crippen molar-refractivity contribution in [3.8, 4) is 5.75 Å². The molecule has 6 nitrogen and oxygen atoms in total. The Bertz CT molecular complexity index is 745. The van der Waals surface area contributed by atoms with Crippen molar-refractivity contribution in [2.24, 2.45) is 0 Å². The molecule has 0 saturated carbocycles. The Morgan fingerprint density at radius 1 is 1.04 bits per heavy atom. The van der Waals surface area contributed by atoms with E-state index in [1.807, 2.05) is 6.07 Å². The van der Waals surface area contributed by atoms with Crippen LogP contribution in [0.1, 0.15) is 11.1 Å². The molecule has 0 atom stereocenters. The van der Waals surface area contributed by atoms with Gasteiger partial charge in [-0.1, -0.05) is 24.3 Å². The van der Waals surface area contributed by atoms with Crippen LogP contribution in [0.25, 0.3) is 0 Å². The highest BCUT2D eigenvalue weighted by atomic mass is 32.2. The molecule has 0 unspecified atom stereocenters. The SMILES string of the molecule is COCCNS(=O)(=O)c1ccc(CNCc2cccc(O)c2)cc1. The fourth-order valence-electron chi connectivity index (χ4n) is 2.17. The zero-order valence-corrected chi connectivity index (χ0v) is 14.3. The molecule has 2 aromatic carbocycles. The van der Waals surface area contributed by atoms with Gasteiger partial charge in [0, 0.05) is 26.7 Å². The maximum absolute atomic E-state index is 12.0. The average Bonchev–Trinajstić information content (AvgIpc) is 2.56. The third-order valence-corrected chi connectivity index (χ3v) is 4.88. The number of hydrogen-bond donors (Lipinski definition) is 3. The summed E-state index contributed by atoms with van der Waals surface area (Å²) >= 11 is 0. The number of ether oxygens (including phenoxy) is 1. The quantitative estimate of drug-likeness (QED) is 0.598. The molecule has 7 heteroatoms. The molecular weight excluding hydrogens is 328 g/mol. The number of phenolic OH excluding ortho intramolecular Hbond substituents is 1. The van der Waals surface area contributed by atoms with Crippen molar-refractivity contribution in [1.29, 1.82) is 0 Å². The number of nitrogens with one attached hydrogen (secondary N) is 2. The van der Waals surface area contributed by atoms with Gasteiger partial charge in [0.05, 0.1) is 11.5 Å². The van der Waals surface area contributed by atoms with Gasteiger partial charge >= 0.3 is 0 Å². The number of sulfonamides is 1. The molecule has 0 aliphatic rings. The molecule has 2 rings (SSSR count). The number of benzene rings is 2. The van der Waals surface area contributed by atoms with Gasteiger partial charge in [-0.25, -0.2) is 13.1 Å². The van der Waals surface area contributed by atoms with E-state index in [1.165, 1.54) is 7.11 Å². The highest BCUT2D eigenvalue weighted by Crippen LogP contribution is 2.12. The van der Waals surface area contributed by atoms with Crippen LogP contribution in [-0.2, 0) is 27.8 Å². The molecule has 0 amide bonds. The molecule has 2 aromatic rings. The fraction of sp³-hybridized carbons (Fsp3) is 0.294. The highest BCUT2D eigenvalue weighted by Gasteiger charge is 2.12. The molecule has 24 heavy (non-hydrogen) atoms. The van der Waals surface area contributed by atoms with E-state index >= 15 is 0 Å². The molecule has 0 fully saturated rings. The van der Waals surface area contributed by atoms with E-state index in [9.17, 15) is 13.5 Å². The molecule has 0 heterocycles. The smallest absolute Gasteiger partial charge is 0.240 e. The number of phenols is 1. The predicted octanol–water partition coefficient (Wildman–Crippen LogP) is 1.61. The topological polar surface area (TPSA) is 87.7 Å². The van der Waals surface area contributed by atoms with Crippen LogP contribution in [0.2, 0.25) is 0 Å². The highest BCUT2D eigenvalue weighted by molar-refractivity contribution is 7.89. The maximum atomic E-state index is 12.0. The second-order valence-corrected chi connectivity index (χ2v) is 7.07. The van der Waals surface area contributed by atoms with E-state index in [1.54, 1.807) is 42.5 Å². The third kappa shape index (κ3) is 5.61. The molecule has 0 aromatic heterocycles. The summed E-state index contributed by atoms with van der Waals surface area (Å²) in [7, 11) is -1.97. The van der Waals surface area contributed by atoms with Crippen LogP contribution in [-0.4, -0.2) is 33.8 Å². The standard InChI is InChI=1S/C17H22N2O4S/c1-23-10-9-19-24(21,22)17-7-5-14(6-8-17)12-18-13-15-3-2-4-16(20)11-15/h2-8,11,18-20H,9-10,12-13H2,1H3. The fourth-order valence-corrected chi connectivity index (χ4v) is 3.18. The lowest BCUT2D eigenvalue weighted by atomic mass is 10.2. The van der Waals surface area contributed by atoms with Crippen molar-refractivity contribution in [3.63, 3.8) is 0 Å². The van der Waals surface area contributed by atoms with Crippen LogP contribution in [0, 0.1) is 0 Å². The molecule has 0 aliphatic carbocycles. The Hall–Kier alpha value is -1.93. The van der Waals surface area contributed by atoms with Crippen LogP contribution in [0.3, 0.4) is 0 Å². The Labute approximate surface area is 142 Å². The summed E-state index contributed by atoms with van der Waals surface area (Å²) in [5, 5.41) is 12.7. The Kier molecular flexibility index (Phi) is 6.74. The first-order chi connectivity index (χ1) is 11.5. The second-order valence-electron chi connectivity index (χ2n) is 5.31. The first-order valence-corrected chi connectivity index (χ1v) is 9.06. The summed E-state index contributed by atoms with van der Waals surface area (Å²) in [6, 6.07) is 13.8. The first-order valence-electron chi connectivity index (χ1n) is 7.57. The minimum Gasteiger partial charge on any atom is -0.508 e. The molecule has 0 bridgehead atoms. The van der Waals surface area contributed by atoms with Crippen LogP contribution in [0.15, 0.2) is 53.4 Å². The molecule has 0 saturated heterocycles. The van der Waals surface area contributed by atoms with Gasteiger partial charge in [0.2, 0.25) is 10.0 Å².